The van der Waals surface area contributed by atoms with Crippen LogP contribution in [0, 0.1) is 16.7 Å². The lowest BCUT2D eigenvalue weighted by molar-refractivity contribution is -0.0775. The highest BCUT2D eigenvalue weighted by Gasteiger charge is 2.40. The molecule has 1 aromatic heterocycles. The van der Waals surface area contributed by atoms with Crippen molar-refractivity contribution in [2.45, 2.75) is 45.8 Å². The quantitative estimate of drug-likeness (QED) is 0.906. The summed E-state index contributed by atoms with van der Waals surface area (Å²) in [4.78, 5) is 4.00. The lowest BCUT2D eigenvalue weighted by Crippen LogP contribution is -2.47. The van der Waals surface area contributed by atoms with Crippen molar-refractivity contribution >= 4 is 11.6 Å². The molecule has 122 valence electrons. The Kier molecular flexibility index (Phi) is 5.13. The minimum atomic E-state index is -0.959. The Labute approximate surface area is 142 Å². The number of halogens is 1. The van der Waals surface area contributed by atoms with E-state index >= 15 is 0 Å². The van der Waals surface area contributed by atoms with Gasteiger partial charge in [0.2, 0.25) is 0 Å². The van der Waals surface area contributed by atoms with Crippen LogP contribution >= 0.6 is 11.6 Å². The molecule has 1 atom stereocenters. The van der Waals surface area contributed by atoms with Crippen molar-refractivity contribution in [2.75, 3.05) is 0 Å². The van der Waals surface area contributed by atoms with Crippen molar-refractivity contribution in [3.05, 3.63) is 53.1 Å². The third-order valence-electron chi connectivity index (χ3n) is 4.40. The third-order valence-corrected chi connectivity index (χ3v) is 4.65. The number of benzene rings is 1. The Morgan fingerprint density at radius 1 is 1.26 bits per heavy atom. The minimum Gasteiger partial charge on any atom is -0.387 e. The number of imidazole rings is 1. The summed E-state index contributed by atoms with van der Waals surface area (Å²) in [6, 6.07) is 9.77. The molecule has 1 heterocycles. The predicted molar refractivity (Wildman–Crippen MR) is 91.1 cm³/mol. The Morgan fingerprint density at radius 3 is 2.48 bits per heavy atom. The Hall–Kier alpha value is -1.83. The van der Waals surface area contributed by atoms with Crippen molar-refractivity contribution in [3.63, 3.8) is 0 Å². The molecule has 2 aromatic rings. The SMILES string of the molecule is CC(C)(C)C(O)(CCc1ccc(Cl)cc1)Cn1cncc1C#N. The van der Waals surface area contributed by atoms with Gasteiger partial charge < -0.3 is 9.67 Å². The summed E-state index contributed by atoms with van der Waals surface area (Å²) >= 11 is 5.91. The molecule has 4 nitrogen and oxygen atoms in total. The molecular formula is C18H22ClN3O. The largest absolute Gasteiger partial charge is 0.387 e. The maximum Gasteiger partial charge on any atom is 0.139 e. The van der Waals surface area contributed by atoms with Crippen LogP contribution in [-0.4, -0.2) is 20.3 Å². The summed E-state index contributed by atoms with van der Waals surface area (Å²) in [5.41, 5.74) is 0.289. The van der Waals surface area contributed by atoms with Gasteiger partial charge in [0.25, 0.3) is 0 Å². The molecule has 0 aliphatic carbocycles. The van der Waals surface area contributed by atoms with Crippen LogP contribution in [0.3, 0.4) is 0 Å². The minimum absolute atomic E-state index is 0.337. The molecule has 0 saturated carbocycles. The van der Waals surface area contributed by atoms with Crippen LogP contribution < -0.4 is 0 Å². The average molecular weight is 332 g/mol. The van der Waals surface area contributed by atoms with Gasteiger partial charge in [0.05, 0.1) is 24.7 Å². The number of aryl methyl sites for hydroxylation is 1. The second-order valence-corrected chi connectivity index (χ2v) is 7.36. The van der Waals surface area contributed by atoms with Crippen LogP contribution in [0.4, 0.5) is 0 Å². The molecule has 5 heteroatoms. The first-order valence-electron chi connectivity index (χ1n) is 7.62. The molecule has 0 radical (unpaired) electrons. The van der Waals surface area contributed by atoms with E-state index in [4.69, 9.17) is 16.9 Å². The summed E-state index contributed by atoms with van der Waals surface area (Å²) in [7, 11) is 0. The maximum absolute atomic E-state index is 11.3. The van der Waals surface area contributed by atoms with E-state index in [1.807, 2.05) is 45.0 Å². The number of hydrogen-bond donors (Lipinski definition) is 1. The van der Waals surface area contributed by atoms with E-state index in [9.17, 15) is 5.11 Å². The van der Waals surface area contributed by atoms with Gasteiger partial charge in [0.15, 0.2) is 0 Å². The first kappa shape index (κ1) is 17.5. The molecular weight excluding hydrogens is 310 g/mol. The van der Waals surface area contributed by atoms with E-state index in [1.54, 1.807) is 10.9 Å². The zero-order valence-electron chi connectivity index (χ0n) is 13.8. The topological polar surface area (TPSA) is 61.8 Å². The van der Waals surface area contributed by atoms with Crippen molar-refractivity contribution in [2.24, 2.45) is 5.41 Å². The molecule has 2 rings (SSSR count). The summed E-state index contributed by atoms with van der Waals surface area (Å²) in [6.07, 6.45) is 4.43. The fourth-order valence-corrected chi connectivity index (χ4v) is 2.64. The molecule has 0 amide bonds. The van der Waals surface area contributed by atoms with Crippen molar-refractivity contribution in [1.29, 1.82) is 5.26 Å². The molecule has 1 aromatic carbocycles. The highest BCUT2D eigenvalue weighted by molar-refractivity contribution is 6.30. The fraction of sp³-hybridized carbons (Fsp3) is 0.444. The smallest absolute Gasteiger partial charge is 0.139 e. The summed E-state index contributed by atoms with van der Waals surface area (Å²) in [5.74, 6) is 0. The van der Waals surface area contributed by atoms with Gasteiger partial charge in [0, 0.05) is 5.02 Å². The van der Waals surface area contributed by atoms with E-state index in [1.165, 1.54) is 6.20 Å². The van der Waals surface area contributed by atoms with Gasteiger partial charge in [-0.2, -0.15) is 5.26 Å². The Bertz CT molecular complexity index is 694. The highest BCUT2D eigenvalue weighted by Crippen LogP contribution is 2.36. The maximum atomic E-state index is 11.3. The van der Waals surface area contributed by atoms with Crippen LogP contribution in [0.1, 0.15) is 38.4 Å². The monoisotopic (exact) mass is 331 g/mol. The molecule has 0 bridgehead atoms. The lowest BCUT2D eigenvalue weighted by atomic mass is 9.73. The van der Waals surface area contributed by atoms with Gasteiger partial charge in [-0.05, 0) is 36.0 Å². The number of aromatic nitrogens is 2. The number of nitriles is 1. The molecule has 23 heavy (non-hydrogen) atoms. The van der Waals surface area contributed by atoms with E-state index in [0.29, 0.717) is 23.7 Å². The molecule has 0 aliphatic rings. The molecule has 0 spiro atoms. The van der Waals surface area contributed by atoms with E-state index in [0.717, 1.165) is 12.0 Å². The number of aliphatic hydroxyl groups is 1. The summed E-state index contributed by atoms with van der Waals surface area (Å²) in [6.45, 7) is 6.38. The normalized spacial score (nSPS) is 14.3. The first-order chi connectivity index (χ1) is 10.7. The number of hydrogen-bond acceptors (Lipinski definition) is 3. The Morgan fingerprint density at radius 2 is 1.91 bits per heavy atom. The second kappa shape index (κ2) is 6.74. The van der Waals surface area contributed by atoms with E-state index < -0.39 is 5.60 Å². The van der Waals surface area contributed by atoms with Crippen molar-refractivity contribution < 1.29 is 5.11 Å². The predicted octanol–water partition coefficient (Wildman–Crippen LogP) is 3.82. The number of nitrogens with zero attached hydrogens (tertiary/aromatic N) is 3. The second-order valence-electron chi connectivity index (χ2n) is 6.93. The van der Waals surface area contributed by atoms with Gasteiger partial charge in [-0.1, -0.05) is 44.5 Å². The van der Waals surface area contributed by atoms with Crippen molar-refractivity contribution in [1.82, 2.24) is 9.55 Å². The van der Waals surface area contributed by atoms with Crippen LogP contribution in [-0.2, 0) is 13.0 Å². The zero-order chi connectivity index (χ0) is 17.1. The summed E-state index contributed by atoms with van der Waals surface area (Å²) in [5, 5.41) is 21.1. The van der Waals surface area contributed by atoms with E-state index in [2.05, 4.69) is 11.1 Å². The van der Waals surface area contributed by atoms with Crippen molar-refractivity contribution in [3.8, 4) is 6.07 Å². The first-order valence-corrected chi connectivity index (χ1v) is 8.00. The molecule has 0 fully saturated rings. The fourth-order valence-electron chi connectivity index (χ4n) is 2.52. The lowest BCUT2D eigenvalue weighted by Gasteiger charge is -2.41. The molecule has 1 N–H and O–H groups in total. The van der Waals surface area contributed by atoms with Gasteiger partial charge in [-0.15, -0.1) is 0 Å². The standard InChI is InChI=1S/C18H22ClN3O/c1-17(2,3)18(23,12-22-13-21-11-16(22)10-20)9-8-14-4-6-15(19)7-5-14/h4-7,11,13,23H,8-9,12H2,1-3H3. The number of rotatable bonds is 5. The van der Waals surface area contributed by atoms with Crippen LogP contribution in [0.2, 0.25) is 5.02 Å². The molecule has 0 saturated heterocycles. The van der Waals surface area contributed by atoms with Gasteiger partial charge in [0.1, 0.15) is 11.8 Å². The van der Waals surface area contributed by atoms with Gasteiger partial charge in [-0.3, -0.25) is 0 Å². The van der Waals surface area contributed by atoms with Crippen LogP contribution in [0.5, 0.6) is 0 Å². The van der Waals surface area contributed by atoms with Gasteiger partial charge in [-0.25, -0.2) is 4.98 Å². The average Bonchev–Trinajstić information content (AvgIpc) is 2.92. The molecule has 1 unspecified atom stereocenters. The van der Waals surface area contributed by atoms with E-state index in [-0.39, 0.29) is 5.41 Å². The van der Waals surface area contributed by atoms with Crippen LogP contribution in [0.15, 0.2) is 36.8 Å². The molecule has 0 aliphatic heterocycles. The third kappa shape index (κ3) is 4.13. The van der Waals surface area contributed by atoms with Gasteiger partial charge >= 0.3 is 0 Å². The zero-order valence-corrected chi connectivity index (χ0v) is 14.5. The van der Waals surface area contributed by atoms with Crippen LogP contribution in [0.25, 0.3) is 0 Å². The summed E-state index contributed by atoms with van der Waals surface area (Å²) < 4.78 is 1.72. The highest BCUT2D eigenvalue weighted by atomic mass is 35.5. The Balaban J connectivity index is 2.19.